The van der Waals surface area contributed by atoms with E-state index in [1.807, 2.05) is 13.1 Å². The van der Waals surface area contributed by atoms with Gasteiger partial charge >= 0.3 is 0 Å². The molecule has 2 N–H and O–H groups in total. The van der Waals surface area contributed by atoms with E-state index in [4.69, 9.17) is 9.15 Å². The van der Waals surface area contributed by atoms with Crippen molar-refractivity contribution in [3.63, 3.8) is 0 Å². The molecule has 0 unspecified atom stereocenters. The van der Waals surface area contributed by atoms with Gasteiger partial charge in [-0.2, -0.15) is 5.10 Å². The maximum Gasteiger partial charge on any atom is 0.287 e. The summed E-state index contributed by atoms with van der Waals surface area (Å²) < 4.78 is 11.2. The molecule has 24 heavy (non-hydrogen) atoms. The highest BCUT2D eigenvalue weighted by atomic mass is 16.5. The Hall–Kier alpha value is -2.12. The number of aromatic nitrogens is 2. The molecule has 0 saturated carbocycles. The first-order chi connectivity index (χ1) is 11.7. The van der Waals surface area contributed by atoms with Gasteiger partial charge in [0.1, 0.15) is 5.76 Å². The molecular formula is C17H22N4O3. The Morgan fingerprint density at radius 3 is 3.04 bits per heavy atom. The average molecular weight is 330 g/mol. The van der Waals surface area contributed by atoms with Gasteiger partial charge in [0.25, 0.3) is 5.91 Å². The number of carbonyl (C=O) groups is 1. The smallest absolute Gasteiger partial charge is 0.287 e. The summed E-state index contributed by atoms with van der Waals surface area (Å²) in [6.07, 6.45) is 3.56. The van der Waals surface area contributed by atoms with Crippen molar-refractivity contribution in [3.05, 3.63) is 28.8 Å². The lowest BCUT2D eigenvalue weighted by Gasteiger charge is -2.26. The lowest BCUT2D eigenvalue weighted by Crippen LogP contribution is -2.41. The summed E-state index contributed by atoms with van der Waals surface area (Å²) >= 11 is 0. The van der Waals surface area contributed by atoms with Crippen LogP contribution < -0.4 is 5.32 Å². The maximum absolute atomic E-state index is 12.5. The third-order valence-electron chi connectivity index (χ3n) is 4.83. The first-order valence-electron chi connectivity index (χ1n) is 8.47. The second kappa shape index (κ2) is 6.41. The number of hydrogen-bond acceptors (Lipinski definition) is 5. The molecule has 2 aliphatic rings. The standard InChI is InChI=1S/C17H22N4O3/c1-11-14-13(3-2-12-10-19-20-15(12)14)24-16(11)17(22)18-4-5-21-6-8-23-9-7-21/h10H,2-9H2,1H3,(H,18,22)(H,19,20). The van der Waals surface area contributed by atoms with Crippen molar-refractivity contribution in [1.29, 1.82) is 0 Å². The quantitative estimate of drug-likeness (QED) is 0.878. The zero-order chi connectivity index (χ0) is 16.5. The molecule has 2 aromatic heterocycles. The zero-order valence-corrected chi connectivity index (χ0v) is 13.9. The predicted molar refractivity (Wildman–Crippen MR) is 88.0 cm³/mol. The number of furan rings is 1. The monoisotopic (exact) mass is 330 g/mol. The van der Waals surface area contributed by atoms with Crippen LogP contribution in [0.5, 0.6) is 0 Å². The Morgan fingerprint density at radius 2 is 2.21 bits per heavy atom. The Bertz CT molecular complexity index is 743. The van der Waals surface area contributed by atoms with Crippen LogP contribution in [-0.2, 0) is 17.6 Å². The van der Waals surface area contributed by atoms with Crippen molar-refractivity contribution in [1.82, 2.24) is 20.4 Å². The number of amides is 1. The third-order valence-corrected chi connectivity index (χ3v) is 4.83. The van der Waals surface area contributed by atoms with Gasteiger partial charge in [-0.1, -0.05) is 0 Å². The maximum atomic E-state index is 12.5. The second-order valence-electron chi connectivity index (χ2n) is 6.33. The molecule has 0 aromatic carbocycles. The van der Waals surface area contributed by atoms with Crippen molar-refractivity contribution >= 4 is 5.91 Å². The largest absolute Gasteiger partial charge is 0.455 e. The van der Waals surface area contributed by atoms with Gasteiger partial charge in [-0.05, 0) is 18.9 Å². The Kier molecular flexibility index (Phi) is 4.12. The summed E-state index contributed by atoms with van der Waals surface area (Å²) in [5, 5.41) is 10.1. The van der Waals surface area contributed by atoms with Crippen LogP contribution in [0.15, 0.2) is 10.6 Å². The number of fused-ring (bicyclic) bond motifs is 3. The van der Waals surface area contributed by atoms with Crippen molar-refractivity contribution in [2.45, 2.75) is 19.8 Å². The number of ether oxygens (including phenoxy) is 1. The van der Waals surface area contributed by atoms with Crippen molar-refractivity contribution in [2.24, 2.45) is 0 Å². The van der Waals surface area contributed by atoms with E-state index < -0.39 is 0 Å². The van der Waals surface area contributed by atoms with Gasteiger partial charge in [0.05, 0.1) is 25.1 Å². The fourth-order valence-corrected chi connectivity index (χ4v) is 3.49. The number of aryl methyl sites for hydroxylation is 2. The molecule has 2 aromatic rings. The van der Waals surface area contributed by atoms with Gasteiger partial charge in [0, 0.05) is 43.7 Å². The molecular weight excluding hydrogens is 308 g/mol. The minimum atomic E-state index is -0.142. The summed E-state index contributed by atoms with van der Waals surface area (Å²) in [4.78, 5) is 14.8. The topological polar surface area (TPSA) is 83.4 Å². The van der Waals surface area contributed by atoms with Gasteiger partial charge in [-0.25, -0.2) is 0 Å². The number of hydrogen-bond donors (Lipinski definition) is 2. The molecule has 1 aliphatic carbocycles. The molecule has 1 aliphatic heterocycles. The van der Waals surface area contributed by atoms with Gasteiger partial charge in [0.2, 0.25) is 0 Å². The van der Waals surface area contributed by atoms with Crippen LogP contribution in [0.4, 0.5) is 0 Å². The van der Waals surface area contributed by atoms with Gasteiger partial charge in [-0.3, -0.25) is 14.8 Å². The number of carbonyl (C=O) groups excluding carboxylic acids is 1. The van der Waals surface area contributed by atoms with E-state index in [1.54, 1.807) is 0 Å². The molecule has 1 fully saturated rings. The van der Waals surface area contributed by atoms with Crippen LogP contribution >= 0.6 is 0 Å². The molecule has 3 heterocycles. The number of aromatic amines is 1. The average Bonchev–Trinajstić information content (AvgIpc) is 3.20. The Labute approximate surface area is 140 Å². The van der Waals surface area contributed by atoms with Crippen LogP contribution in [0, 0.1) is 6.92 Å². The number of nitrogens with one attached hydrogen (secondary N) is 2. The van der Waals surface area contributed by atoms with E-state index in [2.05, 4.69) is 20.4 Å². The highest BCUT2D eigenvalue weighted by molar-refractivity contribution is 5.95. The first-order valence-corrected chi connectivity index (χ1v) is 8.47. The molecule has 0 bridgehead atoms. The molecule has 0 atom stereocenters. The Balaban J connectivity index is 1.44. The van der Waals surface area contributed by atoms with Gasteiger partial charge in [0.15, 0.2) is 5.76 Å². The minimum absolute atomic E-state index is 0.142. The fraction of sp³-hybridized carbons (Fsp3) is 0.529. The van der Waals surface area contributed by atoms with Crippen molar-refractivity contribution < 1.29 is 13.9 Å². The molecule has 7 heteroatoms. The number of rotatable bonds is 4. The number of H-pyrrole nitrogens is 1. The van der Waals surface area contributed by atoms with Gasteiger partial charge < -0.3 is 14.5 Å². The van der Waals surface area contributed by atoms with E-state index in [0.717, 1.165) is 68.3 Å². The van der Waals surface area contributed by atoms with E-state index in [1.165, 1.54) is 5.56 Å². The summed E-state index contributed by atoms with van der Waals surface area (Å²) in [5.41, 5.74) is 4.07. The van der Waals surface area contributed by atoms with Crippen LogP contribution in [0.3, 0.4) is 0 Å². The van der Waals surface area contributed by atoms with Crippen molar-refractivity contribution in [3.8, 4) is 11.3 Å². The molecule has 7 nitrogen and oxygen atoms in total. The van der Waals surface area contributed by atoms with Crippen LogP contribution in [0.25, 0.3) is 11.3 Å². The molecule has 128 valence electrons. The second-order valence-corrected chi connectivity index (χ2v) is 6.33. The summed E-state index contributed by atoms with van der Waals surface area (Å²) in [7, 11) is 0. The zero-order valence-electron chi connectivity index (χ0n) is 13.9. The van der Waals surface area contributed by atoms with Crippen LogP contribution in [0.2, 0.25) is 0 Å². The Morgan fingerprint density at radius 1 is 1.38 bits per heavy atom. The number of nitrogens with zero attached hydrogens (tertiary/aromatic N) is 2. The van der Waals surface area contributed by atoms with E-state index in [9.17, 15) is 4.79 Å². The predicted octanol–water partition coefficient (Wildman–Crippen LogP) is 1.14. The summed E-state index contributed by atoms with van der Waals surface area (Å²) in [5.74, 6) is 1.16. The number of morpholine rings is 1. The van der Waals surface area contributed by atoms with E-state index >= 15 is 0 Å². The normalized spacial score (nSPS) is 17.4. The first kappa shape index (κ1) is 15.4. The highest BCUT2D eigenvalue weighted by Crippen LogP contribution is 2.37. The van der Waals surface area contributed by atoms with Crippen molar-refractivity contribution in [2.75, 3.05) is 39.4 Å². The van der Waals surface area contributed by atoms with Crippen LogP contribution in [-0.4, -0.2) is 60.4 Å². The summed E-state index contributed by atoms with van der Waals surface area (Å²) in [6.45, 7) is 6.77. The molecule has 1 amide bonds. The highest BCUT2D eigenvalue weighted by Gasteiger charge is 2.28. The molecule has 1 saturated heterocycles. The van der Waals surface area contributed by atoms with Gasteiger partial charge in [-0.15, -0.1) is 0 Å². The fourth-order valence-electron chi connectivity index (χ4n) is 3.49. The van der Waals surface area contributed by atoms with E-state index in [-0.39, 0.29) is 5.91 Å². The lowest BCUT2D eigenvalue weighted by molar-refractivity contribution is 0.0382. The summed E-state index contributed by atoms with van der Waals surface area (Å²) in [6, 6.07) is 0. The third kappa shape index (κ3) is 2.74. The van der Waals surface area contributed by atoms with Crippen LogP contribution in [0.1, 0.15) is 27.4 Å². The lowest BCUT2D eigenvalue weighted by atomic mass is 9.93. The SMILES string of the molecule is Cc1c(C(=O)NCCN2CCOCC2)oc2c1-c1[nH]ncc1CC2. The molecule has 0 spiro atoms. The molecule has 4 rings (SSSR count). The minimum Gasteiger partial charge on any atom is -0.455 e. The molecule has 0 radical (unpaired) electrons. The van der Waals surface area contributed by atoms with E-state index in [0.29, 0.717) is 12.3 Å².